The lowest BCUT2D eigenvalue weighted by Gasteiger charge is -2.37. The fourth-order valence-corrected chi connectivity index (χ4v) is 0.553. The molecule has 0 saturated carbocycles. The van der Waals surface area contributed by atoms with E-state index in [0.29, 0.717) is 5.54 Å². The van der Waals surface area contributed by atoms with Crippen molar-refractivity contribution >= 4 is 0 Å². The van der Waals surface area contributed by atoms with Gasteiger partial charge in [0.25, 0.3) is 0 Å². The number of nitrogens with one attached hydrogen (secondary N) is 1. The van der Waals surface area contributed by atoms with Gasteiger partial charge in [0.1, 0.15) is 0 Å². The number of likely N-dealkylation sites (N-methyl/N-ethyl adjacent to an activating group) is 1. The first-order valence-electron chi connectivity index (χ1n) is 8.36. The third-order valence-corrected chi connectivity index (χ3v) is 1.44. The van der Waals surface area contributed by atoms with E-state index in [2.05, 4.69) is 39.9 Å². The van der Waals surface area contributed by atoms with Crippen LogP contribution in [-0.2, 0) is 4.74 Å². The summed E-state index contributed by atoms with van der Waals surface area (Å²) in [7, 11) is 1.96. The molecule has 0 bridgehead atoms. The van der Waals surface area contributed by atoms with E-state index in [1.54, 1.807) is 0 Å². The first kappa shape index (κ1) is 31.4. The molecule has 0 atom stereocenters. The lowest BCUT2D eigenvalue weighted by Crippen LogP contribution is -2.56. The van der Waals surface area contributed by atoms with Crippen molar-refractivity contribution < 1.29 is 4.74 Å². The third-order valence-electron chi connectivity index (χ3n) is 1.44. The van der Waals surface area contributed by atoms with E-state index in [-0.39, 0.29) is 0 Å². The zero-order valence-electron chi connectivity index (χ0n) is 16.2. The molecule has 2 heteroatoms. The summed E-state index contributed by atoms with van der Waals surface area (Å²) in [5, 5.41) is 3.15. The van der Waals surface area contributed by atoms with Gasteiger partial charge < -0.3 is 10.1 Å². The smallest absolute Gasteiger partial charge is 0.0669 e. The van der Waals surface area contributed by atoms with Crippen LogP contribution in [0.15, 0.2) is 0 Å². The summed E-state index contributed by atoms with van der Waals surface area (Å²) in [4.78, 5) is 0. The summed E-state index contributed by atoms with van der Waals surface area (Å²) in [5.41, 5.74) is 0.292. The van der Waals surface area contributed by atoms with Crippen LogP contribution in [-0.4, -0.2) is 25.8 Å². The highest BCUT2D eigenvalue weighted by molar-refractivity contribution is 4.87. The van der Waals surface area contributed by atoms with Gasteiger partial charge in [-0.3, -0.25) is 0 Å². The maximum absolute atomic E-state index is 4.97. The summed E-state index contributed by atoms with van der Waals surface area (Å²) in [6.07, 6.45) is 2.50. The van der Waals surface area contributed by atoms with Crippen molar-refractivity contribution in [2.75, 3.05) is 20.3 Å². The zero-order valence-corrected chi connectivity index (χ0v) is 16.2. The Hall–Kier alpha value is -0.0800. The predicted octanol–water partition coefficient (Wildman–Crippen LogP) is 5.91. The topological polar surface area (TPSA) is 21.3 Å². The molecule has 0 spiro atoms. The largest absolute Gasteiger partial charge is 0.377 e. The molecule has 1 saturated heterocycles. The second kappa shape index (κ2) is 36.1. The van der Waals surface area contributed by atoms with Gasteiger partial charge in [-0.05, 0) is 14.0 Å². The molecule has 0 aromatic heterocycles. The second-order valence-corrected chi connectivity index (χ2v) is 3.72. The molecule has 1 heterocycles. The van der Waals surface area contributed by atoms with Gasteiger partial charge in [0.05, 0.1) is 18.8 Å². The average Bonchev–Trinajstić information content (AvgIpc) is 2.45. The van der Waals surface area contributed by atoms with Crippen molar-refractivity contribution in [3.8, 4) is 0 Å². The molecule has 0 amide bonds. The van der Waals surface area contributed by atoms with Gasteiger partial charge >= 0.3 is 0 Å². The Kier molecular flexibility index (Phi) is 59.6. The molecule has 1 aliphatic heterocycles. The Morgan fingerprint density at radius 3 is 1.00 bits per heavy atom. The summed E-state index contributed by atoms with van der Waals surface area (Å²) in [5.74, 6) is 0. The van der Waals surface area contributed by atoms with Crippen molar-refractivity contribution in [1.82, 2.24) is 5.32 Å². The molecule has 0 aromatic rings. The minimum absolute atomic E-state index is 0.292. The van der Waals surface area contributed by atoms with Gasteiger partial charge in [0.2, 0.25) is 0 Å². The van der Waals surface area contributed by atoms with Gasteiger partial charge in [-0.2, -0.15) is 0 Å². The number of ether oxygens (including phenoxy) is 1. The Labute approximate surface area is 125 Å². The third kappa shape index (κ3) is 38.1. The average molecular weight is 280 g/mol. The zero-order chi connectivity index (χ0) is 16.7. The van der Waals surface area contributed by atoms with Gasteiger partial charge in [-0.1, -0.05) is 82.1 Å². The van der Waals surface area contributed by atoms with E-state index < -0.39 is 0 Å². The molecule has 1 N–H and O–H groups in total. The molecule has 2 nitrogen and oxygen atoms in total. The number of hydrogen-bond acceptors (Lipinski definition) is 2. The van der Waals surface area contributed by atoms with Crippen molar-refractivity contribution in [3.63, 3.8) is 0 Å². The second-order valence-electron chi connectivity index (χ2n) is 3.72. The van der Waals surface area contributed by atoms with Crippen LogP contribution in [0.3, 0.4) is 0 Å². The molecule has 0 unspecified atom stereocenters. The molecule has 124 valence electrons. The summed E-state index contributed by atoms with van der Waals surface area (Å²) >= 11 is 0. The maximum atomic E-state index is 4.97. The van der Waals surface area contributed by atoms with Crippen LogP contribution in [0.4, 0.5) is 0 Å². The van der Waals surface area contributed by atoms with Crippen LogP contribution in [0.25, 0.3) is 0 Å². The fraction of sp³-hybridized carbons (Fsp3) is 1.00. The van der Waals surface area contributed by atoms with Crippen molar-refractivity contribution in [2.24, 2.45) is 0 Å². The lowest BCUT2D eigenvalue weighted by molar-refractivity contribution is -0.0602. The Morgan fingerprint density at radius 1 is 0.789 bits per heavy atom. The SMILES string of the molecule is CC.CC.CC.CCC.CCC.CNC1(C)COC1. The van der Waals surface area contributed by atoms with Gasteiger partial charge in [-0.15, -0.1) is 0 Å². The van der Waals surface area contributed by atoms with Gasteiger partial charge in [-0.25, -0.2) is 0 Å². The molecule has 1 aliphatic rings. The first-order chi connectivity index (χ1) is 9.10. The Morgan fingerprint density at radius 2 is 1.00 bits per heavy atom. The van der Waals surface area contributed by atoms with Crippen LogP contribution in [0, 0.1) is 0 Å². The molecule has 19 heavy (non-hydrogen) atoms. The van der Waals surface area contributed by atoms with E-state index in [1.807, 2.05) is 48.6 Å². The van der Waals surface area contributed by atoms with Crippen molar-refractivity contribution in [1.29, 1.82) is 0 Å². The van der Waals surface area contributed by atoms with E-state index in [0.717, 1.165) is 13.2 Å². The monoisotopic (exact) mass is 279 g/mol. The van der Waals surface area contributed by atoms with Crippen LogP contribution >= 0.6 is 0 Å². The Balaban J connectivity index is -0.0000000471. The number of hydrogen-bond donors (Lipinski definition) is 1. The summed E-state index contributed by atoms with van der Waals surface area (Å²) in [6.45, 7) is 24.4. The van der Waals surface area contributed by atoms with E-state index in [9.17, 15) is 0 Å². The predicted molar refractivity (Wildman–Crippen MR) is 94.3 cm³/mol. The lowest BCUT2D eigenvalue weighted by atomic mass is 10.0. The quantitative estimate of drug-likeness (QED) is 0.644. The van der Waals surface area contributed by atoms with Crippen LogP contribution < -0.4 is 5.32 Å². The summed E-state index contributed by atoms with van der Waals surface area (Å²) < 4.78 is 4.97. The normalized spacial score (nSPS) is 12.6. The van der Waals surface area contributed by atoms with E-state index in [1.165, 1.54) is 12.8 Å². The standard InChI is InChI=1S/C5H11NO.2C3H8.3C2H6/c1-5(6-2)3-7-4-5;2*1-3-2;3*1-2/h6H,3-4H2,1-2H3;2*3H2,1-2H3;3*1-2H3. The summed E-state index contributed by atoms with van der Waals surface area (Å²) in [6, 6.07) is 0. The Bertz CT molecular complexity index is 83.8. The molecule has 0 aliphatic carbocycles. The number of rotatable bonds is 1. The van der Waals surface area contributed by atoms with Crippen molar-refractivity contribution in [3.05, 3.63) is 0 Å². The van der Waals surface area contributed by atoms with Gasteiger partial charge in [0, 0.05) is 0 Å². The van der Waals surface area contributed by atoms with Crippen LogP contribution in [0.5, 0.6) is 0 Å². The molecule has 0 aromatic carbocycles. The van der Waals surface area contributed by atoms with Crippen LogP contribution in [0.1, 0.15) is 89.0 Å². The first-order valence-corrected chi connectivity index (χ1v) is 8.36. The minimum atomic E-state index is 0.292. The molecule has 1 fully saturated rings. The molecular weight excluding hydrogens is 234 g/mol. The van der Waals surface area contributed by atoms with Gasteiger partial charge in [0.15, 0.2) is 0 Å². The van der Waals surface area contributed by atoms with Crippen LogP contribution in [0.2, 0.25) is 0 Å². The minimum Gasteiger partial charge on any atom is -0.377 e. The van der Waals surface area contributed by atoms with E-state index >= 15 is 0 Å². The molecular formula is C17H45NO. The highest BCUT2D eigenvalue weighted by Gasteiger charge is 2.30. The van der Waals surface area contributed by atoms with Crippen molar-refractivity contribution in [2.45, 2.75) is 94.5 Å². The molecule has 0 radical (unpaired) electrons. The fourth-order valence-electron chi connectivity index (χ4n) is 0.553. The highest BCUT2D eigenvalue weighted by atomic mass is 16.5. The maximum Gasteiger partial charge on any atom is 0.0669 e. The molecule has 1 rings (SSSR count). The highest BCUT2D eigenvalue weighted by Crippen LogP contribution is 2.13. The van der Waals surface area contributed by atoms with E-state index in [4.69, 9.17) is 4.74 Å².